The van der Waals surface area contributed by atoms with E-state index in [-0.39, 0.29) is 23.9 Å². The molecular weight excluding hydrogens is 467 g/mol. The fraction of sp³-hybridized carbons (Fsp3) is 0.318. The zero-order valence-corrected chi connectivity index (χ0v) is 18.7. The number of amides is 1. The monoisotopic (exact) mass is 487 g/mol. The average Bonchev–Trinajstić information content (AvgIpc) is 3.54. The number of carbonyl (C=O) groups is 1. The fourth-order valence-corrected chi connectivity index (χ4v) is 4.58. The number of nitrogens with zero attached hydrogens (tertiary/aromatic N) is 6. The van der Waals surface area contributed by atoms with Gasteiger partial charge in [0.1, 0.15) is 5.82 Å². The number of hydrogen-bond acceptors (Lipinski definition) is 6. The maximum absolute atomic E-state index is 13.3. The van der Waals surface area contributed by atoms with Crippen LogP contribution in [0.15, 0.2) is 41.8 Å². The zero-order chi connectivity index (χ0) is 23.7. The third kappa shape index (κ3) is 4.45. The van der Waals surface area contributed by atoms with Crippen molar-refractivity contribution in [3.8, 4) is 16.4 Å². The van der Waals surface area contributed by atoms with Crippen molar-refractivity contribution in [1.29, 1.82) is 0 Å². The molecule has 0 atom stereocenters. The molecule has 0 saturated heterocycles. The number of rotatable bonds is 5. The third-order valence-electron chi connectivity index (χ3n) is 5.56. The van der Waals surface area contributed by atoms with E-state index in [4.69, 9.17) is 0 Å². The fourth-order valence-electron chi connectivity index (χ4n) is 3.88. The van der Waals surface area contributed by atoms with Crippen LogP contribution in [0.3, 0.4) is 0 Å². The number of thiophene rings is 1. The molecule has 3 aromatic heterocycles. The van der Waals surface area contributed by atoms with Crippen LogP contribution in [-0.4, -0.2) is 35.4 Å². The van der Waals surface area contributed by atoms with Crippen LogP contribution < -0.4 is 5.32 Å². The molecule has 0 saturated carbocycles. The summed E-state index contributed by atoms with van der Waals surface area (Å²) in [7, 11) is 0. The normalized spacial score (nSPS) is 14.0. The van der Waals surface area contributed by atoms with Gasteiger partial charge < -0.3 is 9.88 Å². The van der Waals surface area contributed by atoms with E-state index in [1.54, 1.807) is 12.1 Å². The van der Waals surface area contributed by atoms with Gasteiger partial charge in [0, 0.05) is 13.0 Å². The molecule has 1 N–H and O–H groups in total. The van der Waals surface area contributed by atoms with Gasteiger partial charge in [-0.3, -0.25) is 4.79 Å². The number of hydrogen-bond donors (Lipinski definition) is 1. The van der Waals surface area contributed by atoms with E-state index in [0.29, 0.717) is 10.7 Å². The molecule has 176 valence electrons. The lowest BCUT2D eigenvalue weighted by Crippen LogP contribution is -2.26. The number of aryl methyl sites for hydroxylation is 1. The standard InChI is InChI=1S/C22H20F3N7OS/c23-22(24,25)14-6-4-7-15(12-14)32-20(16-8-5-11-34-16)27-19(30-32)21(33)26-13-18-29-28-17-9-2-1-3-10-31(17)18/h4-8,11-12H,1-3,9-10,13H2,(H,26,33). The van der Waals surface area contributed by atoms with Crippen LogP contribution in [0.4, 0.5) is 13.2 Å². The number of fused-ring (bicyclic) bond motifs is 1. The molecule has 1 aliphatic heterocycles. The van der Waals surface area contributed by atoms with E-state index in [9.17, 15) is 18.0 Å². The highest BCUT2D eigenvalue weighted by Crippen LogP contribution is 2.32. The molecule has 1 amide bonds. The van der Waals surface area contributed by atoms with Gasteiger partial charge in [0.2, 0.25) is 5.82 Å². The lowest BCUT2D eigenvalue weighted by molar-refractivity contribution is -0.137. The van der Waals surface area contributed by atoms with E-state index in [1.807, 2.05) is 9.95 Å². The molecule has 4 aromatic rings. The number of carbonyl (C=O) groups excluding carboxylic acids is 1. The molecule has 5 rings (SSSR count). The first-order chi connectivity index (χ1) is 16.4. The van der Waals surface area contributed by atoms with Crippen LogP contribution in [0, 0.1) is 0 Å². The van der Waals surface area contributed by atoms with Crippen molar-refractivity contribution in [3.63, 3.8) is 0 Å². The minimum atomic E-state index is -4.50. The molecule has 12 heteroatoms. The summed E-state index contributed by atoms with van der Waals surface area (Å²) >= 11 is 1.35. The number of alkyl halides is 3. The van der Waals surface area contributed by atoms with Crippen LogP contribution in [-0.2, 0) is 25.7 Å². The first-order valence-electron chi connectivity index (χ1n) is 10.8. The maximum atomic E-state index is 13.3. The highest BCUT2D eigenvalue weighted by Gasteiger charge is 2.31. The van der Waals surface area contributed by atoms with Crippen molar-refractivity contribution in [2.45, 2.75) is 44.9 Å². The Bertz CT molecular complexity index is 1310. The highest BCUT2D eigenvalue weighted by atomic mass is 32.1. The number of benzene rings is 1. The van der Waals surface area contributed by atoms with Gasteiger partial charge in [-0.2, -0.15) is 13.2 Å². The second-order valence-corrected chi connectivity index (χ2v) is 8.82. The Hall–Kier alpha value is -3.54. The first kappa shape index (κ1) is 22.3. The van der Waals surface area contributed by atoms with E-state index in [0.717, 1.165) is 50.2 Å². The molecule has 34 heavy (non-hydrogen) atoms. The minimum absolute atomic E-state index is 0.142. The molecule has 8 nitrogen and oxygen atoms in total. The largest absolute Gasteiger partial charge is 0.416 e. The average molecular weight is 488 g/mol. The van der Waals surface area contributed by atoms with E-state index in [2.05, 4.69) is 25.6 Å². The quantitative estimate of drug-likeness (QED) is 0.454. The SMILES string of the molecule is O=C(NCc1nnc2n1CCCCC2)c1nc(-c2cccs2)n(-c2cccc(C(F)(F)F)c2)n1. The molecule has 0 fully saturated rings. The molecule has 0 radical (unpaired) electrons. The van der Waals surface area contributed by atoms with Crippen LogP contribution in [0.1, 0.15) is 47.1 Å². The van der Waals surface area contributed by atoms with Crippen molar-refractivity contribution in [2.75, 3.05) is 0 Å². The van der Waals surface area contributed by atoms with Crippen molar-refractivity contribution in [1.82, 2.24) is 34.8 Å². The Kier molecular flexibility index (Phi) is 5.90. The van der Waals surface area contributed by atoms with E-state index < -0.39 is 17.6 Å². The number of aromatic nitrogens is 6. The van der Waals surface area contributed by atoms with Crippen LogP contribution in [0.5, 0.6) is 0 Å². The second-order valence-electron chi connectivity index (χ2n) is 7.87. The lowest BCUT2D eigenvalue weighted by Gasteiger charge is -2.09. The van der Waals surface area contributed by atoms with Gasteiger partial charge in [-0.25, -0.2) is 9.67 Å². The number of nitrogens with one attached hydrogen (secondary N) is 1. The van der Waals surface area contributed by atoms with Gasteiger partial charge in [0.25, 0.3) is 5.91 Å². The summed E-state index contributed by atoms with van der Waals surface area (Å²) in [6.07, 6.45) is -0.437. The van der Waals surface area contributed by atoms with Gasteiger partial charge in [-0.05, 0) is 42.5 Å². The molecule has 4 heterocycles. The van der Waals surface area contributed by atoms with Gasteiger partial charge in [0.15, 0.2) is 11.6 Å². The highest BCUT2D eigenvalue weighted by molar-refractivity contribution is 7.13. The maximum Gasteiger partial charge on any atom is 0.416 e. The Morgan fingerprint density at radius 3 is 2.79 bits per heavy atom. The summed E-state index contributed by atoms with van der Waals surface area (Å²) in [6.45, 7) is 0.955. The van der Waals surface area contributed by atoms with Crippen molar-refractivity contribution >= 4 is 17.2 Å². The Balaban J connectivity index is 1.43. The molecule has 0 bridgehead atoms. The van der Waals surface area contributed by atoms with Crippen LogP contribution in [0.2, 0.25) is 0 Å². The Labute approximate surface area is 196 Å². The summed E-state index contributed by atoms with van der Waals surface area (Å²) in [4.78, 5) is 17.9. The number of halogens is 3. The van der Waals surface area contributed by atoms with Crippen molar-refractivity contribution in [2.24, 2.45) is 0 Å². The molecule has 0 aliphatic carbocycles. The van der Waals surface area contributed by atoms with Crippen molar-refractivity contribution in [3.05, 3.63) is 64.8 Å². The smallest absolute Gasteiger partial charge is 0.342 e. The Morgan fingerprint density at radius 1 is 1.12 bits per heavy atom. The lowest BCUT2D eigenvalue weighted by atomic mass is 10.2. The molecule has 0 spiro atoms. The molecule has 1 aliphatic rings. The summed E-state index contributed by atoms with van der Waals surface area (Å²) in [5.74, 6) is 1.16. The molecular formula is C22H20F3N7OS. The first-order valence-corrected chi connectivity index (χ1v) is 11.7. The van der Waals surface area contributed by atoms with Crippen LogP contribution >= 0.6 is 11.3 Å². The van der Waals surface area contributed by atoms with E-state index >= 15 is 0 Å². The predicted molar refractivity (Wildman–Crippen MR) is 118 cm³/mol. The van der Waals surface area contributed by atoms with Crippen LogP contribution in [0.25, 0.3) is 16.4 Å². The van der Waals surface area contributed by atoms with Gasteiger partial charge >= 0.3 is 6.18 Å². The van der Waals surface area contributed by atoms with Gasteiger partial charge in [-0.1, -0.05) is 18.6 Å². The van der Waals surface area contributed by atoms with Gasteiger partial charge in [0.05, 0.1) is 22.7 Å². The van der Waals surface area contributed by atoms with Crippen molar-refractivity contribution < 1.29 is 18.0 Å². The summed E-state index contributed by atoms with van der Waals surface area (Å²) in [5.41, 5.74) is -0.649. The zero-order valence-electron chi connectivity index (χ0n) is 17.9. The summed E-state index contributed by atoms with van der Waals surface area (Å²) in [6, 6.07) is 8.33. The van der Waals surface area contributed by atoms with E-state index in [1.165, 1.54) is 28.2 Å². The third-order valence-corrected chi connectivity index (χ3v) is 6.43. The summed E-state index contributed by atoms with van der Waals surface area (Å²) in [5, 5.41) is 17.3. The van der Waals surface area contributed by atoms with Gasteiger partial charge in [-0.15, -0.1) is 26.6 Å². The molecule has 0 unspecified atom stereocenters. The minimum Gasteiger partial charge on any atom is -0.342 e. The summed E-state index contributed by atoms with van der Waals surface area (Å²) < 4.78 is 43.0. The predicted octanol–water partition coefficient (Wildman–Crippen LogP) is 4.26. The molecule has 1 aromatic carbocycles. The second kappa shape index (κ2) is 9.01. The topological polar surface area (TPSA) is 90.5 Å². The Morgan fingerprint density at radius 2 is 2.00 bits per heavy atom.